The van der Waals surface area contributed by atoms with Crippen LogP contribution in [0.3, 0.4) is 0 Å². The van der Waals surface area contributed by atoms with Crippen molar-refractivity contribution in [1.82, 2.24) is 4.31 Å². The van der Waals surface area contributed by atoms with Crippen molar-refractivity contribution in [3.8, 4) is 0 Å². The van der Waals surface area contributed by atoms with Gasteiger partial charge in [0.15, 0.2) is 0 Å². The minimum Gasteiger partial charge on any atom is -0.398 e. The van der Waals surface area contributed by atoms with Crippen LogP contribution >= 0.6 is 15.9 Å². The maximum absolute atomic E-state index is 12.9. The van der Waals surface area contributed by atoms with E-state index in [1.165, 1.54) is 0 Å². The van der Waals surface area contributed by atoms with Gasteiger partial charge in [-0.2, -0.15) is 4.31 Å². The number of halogens is 1. The Labute approximate surface area is 129 Å². The number of nitrogen functional groups attached to an aromatic ring is 1. The van der Waals surface area contributed by atoms with E-state index in [9.17, 15) is 8.42 Å². The summed E-state index contributed by atoms with van der Waals surface area (Å²) in [6.07, 6.45) is 3.82. The summed E-state index contributed by atoms with van der Waals surface area (Å²) in [6.45, 7) is 4.41. The third-order valence-corrected chi connectivity index (χ3v) is 6.53. The van der Waals surface area contributed by atoms with Gasteiger partial charge >= 0.3 is 0 Å². The molecule has 1 aliphatic heterocycles. The number of sulfonamides is 1. The van der Waals surface area contributed by atoms with Gasteiger partial charge < -0.3 is 5.73 Å². The molecule has 1 fully saturated rings. The molecular formula is C14H21BrN2O2S. The molecule has 0 bridgehead atoms. The molecule has 1 aromatic rings. The van der Waals surface area contributed by atoms with Crippen molar-refractivity contribution in [2.24, 2.45) is 0 Å². The van der Waals surface area contributed by atoms with E-state index in [0.717, 1.165) is 25.7 Å². The normalized spacial score (nSPS) is 21.1. The largest absolute Gasteiger partial charge is 0.398 e. The van der Waals surface area contributed by atoms with Gasteiger partial charge in [0.1, 0.15) is 0 Å². The highest BCUT2D eigenvalue weighted by Crippen LogP contribution is 2.32. The monoisotopic (exact) mass is 360 g/mol. The van der Waals surface area contributed by atoms with Gasteiger partial charge in [0.25, 0.3) is 0 Å². The summed E-state index contributed by atoms with van der Waals surface area (Å²) in [7, 11) is -3.48. The van der Waals surface area contributed by atoms with Gasteiger partial charge in [-0.3, -0.25) is 0 Å². The first-order valence-corrected chi connectivity index (χ1v) is 9.18. The lowest BCUT2D eigenvalue weighted by molar-refractivity contribution is 0.246. The topological polar surface area (TPSA) is 63.4 Å². The molecule has 1 aliphatic rings. The van der Waals surface area contributed by atoms with Gasteiger partial charge in [-0.1, -0.05) is 29.3 Å². The summed E-state index contributed by atoms with van der Waals surface area (Å²) >= 11 is 3.33. The van der Waals surface area contributed by atoms with Crippen LogP contribution in [0.15, 0.2) is 21.5 Å². The van der Waals surface area contributed by atoms with Crippen LogP contribution in [0.25, 0.3) is 0 Å². The fraction of sp³-hybridized carbons (Fsp3) is 0.571. The maximum atomic E-state index is 12.9. The molecule has 20 heavy (non-hydrogen) atoms. The molecule has 6 heteroatoms. The molecule has 1 unspecified atom stereocenters. The molecule has 0 radical (unpaired) electrons. The smallest absolute Gasteiger partial charge is 0.243 e. The molecule has 0 saturated carbocycles. The Hall–Kier alpha value is -0.590. The number of nitrogens with two attached hydrogens (primary N) is 1. The Balaban J connectivity index is 2.49. The predicted molar refractivity (Wildman–Crippen MR) is 85.1 cm³/mol. The number of benzene rings is 1. The number of piperidine rings is 1. The molecule has 1 saturated heterocycles. The van der Waals surface area contributed by atoms with Gasteiger partial charge in [0, 0.05) is 22.7 Å². The Morgan fingerprint density at radius 3 is 2.75 bits per heavy atom. The molecule has 0 spiro atoms. The third kappa shape index (κ3) is 2.87. The lowest BCUT2D eigenvalue weighted by Gasteiger charge is -2.34. The van der Waals surface area contributed by atoms with E-state index >= 15 is 0 Å². The van der Waals surface area contributed by atoms with Crippen LogP contribution < -0.4 is 5.73 Å². The lowest BCUT2D eigenvalue weighted by Crippen LogP contribution is -2.43. The average Bonchev–Trinajstić information content (AvgIpc) is 2.42. The van der Waals surface area contributed by atoms with Gasteiger partial charge in [-0.15, -0.1) is 0 Å². The number of hydrogen-bond acceptors (Lipinski definition) is 3. The number of nitrogens with zero attached hydrogens (tertiary/aromatic N) is 1. The van der Waals surface area contributed by atoms with Gasteiger partial charge in [0.2, 0.25) is 10.0 Å². The van der Waals surface area contributed by atoms with Gasteiger partial charge in [-0.05, 0) is 43.9 Å². The Bertz CT molecular complexity index is 601. The van der Waals surface area contributed by atoms with Gasteiger partial charge in [-0.25, -0.2) is 8.42 Å². The van der Waals surface area contributed by atoms with Crippen LogP contribution in [0, 0.1) is 6.92 Å². The minimum absolute atomic E-state index is 0.105. The van der Waals surface area contributed by atoms with Crippen molar-refractivity contribution < 1.29 is 8.42 Å². The zero-order chi connectivity index (χ0) is 14.9. The van der Waals surface area contributed by atoms with Gasteiger partial charge in [0.05, 0.1) is 4.90 Å². The summed E-state index contributed by atoms with van der Waals surface area (Å²) in [5.41, 5.74) is 7.04. The average molecular weight is 361 g/mol. The highest BCUT2D eigenvalue weighted by Gasteiger charge is 2.33. The summed E-state index contributed by atoms with van der Waals surface area (Å²) in [4.78, 5) is 0.324. The first kappa shape index (κ1) is 15.8. The fourth-order valence-corrected chi connectivity index (χ4v) is 5.44. The predicted octanol–water partition coefficient (Wildman–Crippen LogP) is 3.29. The van der Waals surface area contributed by atoms with Crippen molar-refractivity contribution in [3.05, 3.63) is 22.2 Å². The van der Waals surface area contributed by atoms with Crippen molar-refractivity contribution in [2.45, 2.75) is 50.5 Å². The van der Waals surface area contributed by atoms with E-state index in [1.807, 2.05) is 6.92 Å². The Morgan fingerprint density at radius 2 is 2.10 bits per heavy atom. The van der Waals surface area contributed by atoms with E-state index in [1.54, 1.807) is 23.4 Å². The molecule has 0 aliphatic carbocycles. The van der Waals surface area contributed by atoms with E-state index in [-0.39, 0.29) is 6.04 Å². The van der Waals surface area contributed by atoms with E-state index in [4.69, 9.17) is 5.73 Å². The summed E-state index contributed by atoms with van der Waals surface area (Å²) in [5, 5.41) is 0. The SMILES string of the molecule is CCC1CCCCN1S(=O)(=O)c1cc(Br)cc(N)c1C. The van der Waals surface area contributed by atoms with Crippen molar-refractivity contribution >= 4 is 31.6 Å². The molecule has 0 aromatic heterocycles. The number of anilines is 1. The standard InChI is InChI=1S/C14H21BrN2O2S/c1-3-12-6-4-5-7-17(12)20(18,19)14-9-11(15)8-13(16)10(14)2/h8-9,12H,3-7,16H2,1-2H3. The summed E-state index contributed by atoms with van der Waals surface area (Å²) in [5.74, 6) is 0. The molecule has 1 heterocycles. The third-order valence-electron chi connectivity index (χ3n) is 4.00. The molecule has 0 amide bonds. The van der Waals surface area contributed by atoms with Crippen molar-refractivity contribution in [1.29, 1.82) is 0 Å². The highest BCUT2D eigenvalue weighted by molar-refractivity contribution is 9.10. The van der Waals surface area contributed by atoms with E-state index in [2.05, 4.69) is 15.9 Å². The van der Waals surface area contributed by atoms with Crippen LogP contribution in [0.4, 0.5) is 5.69 Å². The van der Waals surface area contributed by atoms with Crippen molar-refractivity contribution in [2.75, 3.05) is 12.3 Å². The van der Waals surface area contributed by atoms with Crippen LogP contribution in [0.2, 0.25) is 0 Å². The molecule has 2 N–H and O–H groups in total. The molecule has 112 valence electrons. The molecule has 1 atom stereocenters. The second-order valence-electron chi connectivity index (χ2n) is 5.29. The zero-order valence-electron chi connectivity index (χ0n) is 11.9. The maximum Gasteiger partial charge on any atom is 0.243 e. The lowest BCUT2D eigenvalue weighted by atomic mass is 10.0. The zero-order valence-corrected chi connectivity index (χ0v) is 14.3. The summed E-state index contributed by atoms with van der Waals surface area (Å²) in [6, 6.07) is 3.50. The Kier molecular flexibility index (Phi) is 4.76. The molecule has 2 rings (SSSR count). The van der Waals surface area contributed by atoms with Crippen LogP contribution in [-0.2, 0) is 10.0 Å². The second-order valence-corrected chi connectivity index (χ2v) is 8.07. The summed E-state index contributed by atoms with van der Waals surface area (Å²) < 4.78 is 28.2. The molecule has 1 aromatic carbocycles. The Morgan fingerprint density at radius 1 is 1.40 bits per heavy atom. The molecule has 4 nitrogen and oxygen atoms in total. The second kappa shape index (κ2) is 6.03. The quantitative estimate of drug-likeness (QED) is 0.841. The first-order valence-electron chi connectivity index (χ1n) is 6.95. The number of rotatable bonds is 3. The van der Waals surface area contributed by atoms with Crippen molar-refractivity contribution in [3.63, 3.8) is 0 Å². The molecular weight excluding hydrogens is 340 g/mol. The van der Waals surface area contributed by atoms with Crippen LogP contribution in [0.1, 0.15) is 38.2 Å². The van der Waals surface area contributed by atoms with Crippen LogP contribution in [-0.4, -0.2) is 25.3 Å². The fourth-order valence-electron chi connectivity index (χ4n) is 2.77. The first-order chi connectivity index (χ1) is 9.37. The highest BCUT2D eigenvalue weighted by atomic mass is 79.9. The van der Waals surface area contributed by atoms with Crippen LogP contribution in [0.5, 0.6) is 0 Å². The van der Waals surface area contributed by atoms with E-state index in [0.29, 0.717) is 27.2 Å². The van der Waals surface area contributed by atoms with E-state index < -0.39 is 10.0 Å². The number of hydrogen-bond donors (Lipinski definition) is 1. The minimum atomic E-state index is -3.48.